The summed E-state index contributed by atoms with van der Waals surface area (Å²) in [5.41, 5.74) is 1.31. The SMILES string of the molecule is O=C(NCc1ccccc1)c1ccc(S(=O)(=O)[C@H]2CCS(=O)(=O)C2)cc1. The van der Waals surface area contributed by atoms with Crippen molar-refractivity contribution >= 4 is 25.6 Å². The van der Waals surface area contributed by atoms with E-state index in [9.17, 15) is 21.6 Å². The molecule has 1 aliphatic rings. The van der Waals surface area contributed by atoms with Crippen LogP contribution < -0.4 is 5.32 Å². The average molecular weight is 393 g/mol. The zero-order valence-electron chi connectivity index (χ0n) is 14.0. The summed E-state index contributed by atoms with van der Waals surface area (Å²) in [5, 5.41) is 1.86. The molecule has 0 saturated carbocycles. The maximum atomic E-state index is 12.5. The minimum absolute atomic E-state index is 0.0409. The van der Waals surface area contributed by atoms with Crippen molar-refractivity contribution in [2.45, 2.75) is 23.1 Å². The lowest BCUT2D eigenvalue weighted by Gasteiger charge is -2.11. The van der Waals surface area contributed by atoms with E-state index in [0.717, 1.165) is 5.56 Å². The second-order valence-electron chi connectivity index (χ2n) is 6.26. The molecule has 2 aromatic carbocycles. The molecule has 1 atom stereocenters. The molecule has 0 aromatic heterocycles. The van der Waals surface area contributed by atoms with Crippen LogP contribution in [-0.2, 0) is 26.2 Å². The maximum Gasteiger partial charge on any atom is 0.251 e. The van der Waals surface area contributed by atoms with E-state index in [2.05, 4.69) is 5.32 Å². The molecule has 3 rings (SSSR count). The molecule has 2 aromatic rings. The Morgan fingerprint density at radius 3 is 2.27 bits per heavy atom. The van der Waals surface area contributed by atoms with Gasteiger partial charge >= 0.3 is 0 Å². The minimum Gasteiger partial charge on any atom is -0.348 e. The van der Waals surface area contributed by atoms with Gasteiger partial charge in [-0.1, -0.05) is 30.3 Å². The van der Waals surface area contributed by atoms with Crippen molar-refractivity contribution in [2.75, 3.05) is 11.5 Å². The molecule has 138 valence electrons. The first-order valence-corrected chi connectivity index (χ1v) is 11.5. The summed E-state index contributed by atoms with van der Waals surface area (Å²) in [6, 6.07) is 15.0. The maximum absolute atomic E-state index is 12.5. The Labute approximate surface area is 153 Å². The van der Waals surface area contributed by atoms with Gasteiger partial charge in [-0.2, -0.15) is 0 Å². The van der Waals surface area contributed by atoms with E-state index in [-0.39, 0.29) is 28.7 Å². The summed E-state index contributed by atoms with van der Waals surface area (Å²) >= 11 is 0. The third-order valence-electron chi connectivity index (χ3n) is 4.37. The summed E-state index contributed by atoms with van der Waals surface area (Å²) in [6.45, 7) is 0.375. The molecule has 1 saturated heterocycles. The van der Waals surface area contributed by atoms with Crippen molar-refractivity contribution < 1.29 is 21.6 Å². The van der Waals surface area contributed by atoms with Crippen LogP contribution in [0.25, 0.3) is 0 Å². The summed E-state index contributed by atoms with van der Waals surface area (Å²) in [5.74, 6) is -0.743. The molecule has 1 heterocycles. The van der Waals surface area contributed by atoms with Crippen LogP contribution >= 0.6 is 0 Å². The molecular formula is C18H19NO5S2. The Kier molecular flexibility index (Phi) is 5.15. The largest absolute Gasteiger partial charge is 0.348 e. The van der Waals surface area contributed by atoms with Crippen LogP contribution in [0, 0.1) is 0 Å². The van der Waals surface area contributed by atoms with Crippen LogP contribution in [0.1, 0.15) is 22.3 Å². The molecule has 1 amide bonds. The van der Waals surface area contributed by atoms with Crippen LogP contribution in [0.3, 0.4) is 0 Å². The molecular weight excluding hydrogens is 374 g/mol. The van der Waals surface area contributed by atoms with Crippen LogP contribution in [0.15, 0.2) is 59.5 Å². The number of carbonyl (C=O) groups is 1. The molecule has 8 heteroatoms. The first-order valence-electron chi connectivity index (χ1n) is 8.14. The first kappa shape index (κ1) is 18.6. The number of amides is 1. The van der Waals surface area contributed by atoms with Gasteiger partial charge < -0.3 is 5.32 Å². The molecule has 0 radical (unpaired) electrons. The minimum atomic E-state index is -3.72. The standard InChI is InChI=1S/C18H19NO5S2/c20-18(19-12-14-4-2-1-3-5-14)15-6-8-16(9-7-15)26(23,24)17-10-11-25(21,22)13-17/h1-9,17H,10-13H2,(H,19,20)/t17-/m0/s1. The first-order chi connectivity index (χ1) is 12.3. The fraction of sp³-hybridized carbons (Fsp3) is 0.278. The molecule has 1 fully saturated rings. The molecule has 0 spiro atoms. The lowest BCUT2D eigenvalue weighted by Crippen LogP contribution is -2.24. The van der Waals surface area contributed by atoms with Gasteiger partial charge in [0.25, 0.3) is 5.91 Å². The molecule has 0 bridgehead atoms. The van der Waals surface area contributed by atoms with Gasteiger partial charge in [-0.05, 0) is 36.2 Å². The van der Waals surface area contributed by atoms with Gasteiger partial charge in [0.15, 0.2) is 19.7 Å². The topological polar surface area (TPSA) is 97.4 Å². The van der Waals surface area contributed by atoms with Gasteiger partial charge in [-0.15, -0.1) is 0 Å². The predicted molar refractivity (Wildman–Crippen MR) is 98.3 cm³/mol. The van der Waals surface area contributed by atoms with E-state index in [0.29, 0.717) is 12.1 Å². The molecule has 1 N–H and O–H groups in total. The highest BCUT2D eigenvalue weighted by Crippen LogP contribution is 2.25. The highest BCUT2D eigenvalue weighted by Gasteiger charge is 2.37. The van der Waals surface area contributed by atoms with E-state index >= 15 is 0 Å². The molecule has 6 nitrogen and oxygen atoms in total. The lowest BCUT2D eigenvalue weighted by atomic mass is 10.2. The second kappa shape index (κ2) is 7.20. The van der Waals surface area contributed by atoms with E-state index < -0.39 is 24.9 Å². The van der Waals surface area contributed by atoms with Crippen LogP contribution in [0.4, 0.5) is 0 Å². The number of hydrogen-bond acceptors (Lipinski definition) is 5. The van der Waals surface area contributed by atoms with Crippen molar-refractivity contribution in [1.82, 2.24) is 5.32 Å². The summed E-state index contributed by atoms with van der Waals surface area (Å²) in [6.07, 6.45) is 0.115. The Balaban J connectivity index is 1.69. The normalized spacial score (nSPS) is 19.2. The predicted octanol–water partition coefficient (Wildman–Crippen LogP) is 1.58. The van der Waals surface area contributed by atoms with Crippen LogP contribution in [-0.4, -0.2) is 39.5 Å². The zero-order chi connectivity index (χ0) is 18.8. The number of carbonyl (C=O) groups excluding carboxylic acids is 1. The van der Waals surface area contributed by atoms with E-state index in [1.165, 1.54) is 24.3 Å². The number of nitrogens with one attached hydrogen (secondary N) is 1. The quantitative estimate of drug-likeness (QED) is 0.832. The highest BCUT2D eigenvalue weighted by molar-refractivity contribution is 7.96. The molecule has 0 aliphatic carbocycles. The van der Waals surface area contributed by atoms with Crippen LogP contribution in [0.5, 0.6) is 0 Å². The zero-order valence-corrected chi connectivity index (χ0v) is 15.6. The van der Waals surface area contributed by atoms with Crippen molar-refractivity contribution in [3.8, 4) is 0 Å². The fourth-order valence-corrected chi connectivity index (χ4v) is 7.23. The van der Waals surface area contributed by atoms with E-state index in [4.69, 9.17) is 0 Å². The average Bonchev–Trinajstić information content (AvgIpc) is 3.01. The Morgan fingerprint density at radius 2 is 1.69 bits per heavy atom. The fourth-order valence-electron chi connectivity index (χ4n) is 2.87. The number of rotatable bonds is 5. The van der Waals surface area contributed by atoms with Gasteiger partial charge in [0, 0.05) is 12.1 Å². The Hall–Kier alpha value is -2.19. The summed E-state index contributed by atoms with van der Waals surface area (Å²) in [7, 11) is -7.00. The Morgan fingerprint density at radius 1 is 1.04 bits per heavy atom. The Bertz CT molecular complexity index is 997. The van der Waals surface area contributed by atoms with Gasteiger partial charge in [0.05, 0.1) is 21.7 Å². The third kappa shape index (κ3) is 4.13. The number of benzene rings is 2. The number of sulfone groups is 2. The summed E-state index contributed by atoms with van der Waals surface area (Å²) in [4.78, 5) is 12.2. The van der Waals surface area contributed by atoms with Crippen molar-refractivity contribution in [1.29, 1.82) is 0 Å². The number of hydrogen-bond donors (Lipinski definition) is 1. The smallest absolute Gasteiger partial charge is 0.251 e. The van der Waals surface area contributed by atoms with E-state index in [1.807, 2.05) is 30.3 Å². The van der Waals surface area contributed by atoms with Crippen molar-refractivity contribution in [2.24, 2.45) is 0 Å². The molecule has 26 heavy (non-hydrogen) atoms. The van der Waals surface area contributed by atoms with E-state index in [1.54, 1.807) is 0 Å². The van der Waals surface area contributed by atoms with Gasteiger partial charge in [0.2, 0.25) is 0 Å². The van der Waals surface area contributed by atoms with Crippen molar-refractivity contribution in [3.05, 3.63) is 65.7 Å². The monoisotopic (exact) mass is 393 g/mol. The van der Waals surface area contributed by atoms with Crippen LogP contribution in [0.2, 0.25) is 0 Å². The molecule has 0 unspecified atom stereocenters. The third-order valence-corrected chi connectivity index (χ3v) is 8.56. The van der Waals surface area contributed by atoms with Gasteiger partial charge in [-0.25, -0.2) is 16.8 Å². The highest BCUT2D eigenvalue weighted by atomic mass is 32.2. The lowest BCUT2D eigenvalue weighted by molar-refractivity contribution is 0.0951. The molecule has 1 aliphatic heterocycles. The van der Waals surface area contributed by atoms with Gasteiger partial charge in [-0.3, -0.25) is 4.79 Å². The summed E-state index contributed by atoms with van der Waals surface area (Å²) < 4.78 is 48.2. The van der Waals surface area contributed by atoms with Crippen molar-refractivity contribution in [3.63, 3.8) is 0 Å². The van der Waals surface area contributed by atoms with Gasteiger partial charge in [0.1, 0.15) is 0 Å². The second-order valence-corrected chi connectivity index (χ2v) is 10.7.